The van der Waals surface area contributed by atoms with Crippen molar-refractivity contribution in [3.8, 4) is 11.5 Å². The lowest BCUT2D eigenvalue weighted by atomic mass is 10.0. The van der Waals surface area contributed by atoms with Crippen molar-refractivity contribution in [1.82, 2.24) is 4.90 Å². The van der Waals surface area contributed by atoms with Gasteiger partial charge in [0.05, 0.1) is 7.11 Å². The van der Waals surface area contributed by atoms with E-state index in [0.717, 1.165) is 24.6 Å². The Hall–Kier alpha value is -1.26. The van der Waals surface area contributed by atoms with E-state index < -0.39 is 0 Å². The van der Waals surface area contributed by atoms with Gasteiger partial charge in [0.2, 0.25) is 0 Å². The van der Waals surface area contributed by atoms with E-state index >= 15 is 0 Å². The van der Waals surface area contributed by atoms with Crippen LogP contribution in [0.2, 0.25) is 0 Å². The summed E-state index contributed by atoms with van der Waals surface area (Å²) in [4.78, 5) is 2.22. The summed E-state index contributed by atoms with van der Waals surface area (Å²) in [7, 11) is 3.76. The minimum atomic E-state index is 0.279. The SMILES string of the molecule is COc1cc(C(C)CN)ccc1OC1CN(C)C1. The van der Waals surface area contributed by atoms with Crippen molar-refractivity contribution in [3.05, 3.63) is 23.8 Å². The fourth-order valence-corrected chi connectivity index (χ4v) is 2.12. The number of ether oxygens (including phenoxy) is 2. The van der Waals surface area contributed by atoms with Gasteiger partial charge in [-0.3, -0.25) is 4.90 Å². The van der Waals surface area contributed by atoms with Crippen LogP contribution in [0.5, 0.6) is 11.5 Å². The molecule has 0 aromatic heterocycles. The molecular weight excluding hydrogens is 228 g/mol. The third kappa shape index (κ3) is 2.76. The van der Waals surface area contributed by atoms with Crippen LogP contribution in [0.1, 0.15) is 18.4 Å². The molecule has 0 spiro atoms. The average molecular weight is 250 g/mol. The lowest BCUT2D eigenvalue weighted by molar-refractivity contribution is 0.0369. The molecule has 1 atom stereocenters. The normalized spacial score (nSPS) is 18.2. The molecule has 1 heterocycles. The molecule has 1 saturated heterocycles. The van der Waals surface area contributed by atoms with Crippen molar-refractivity contribution in [1.29, 1.82) is 0 Å². The lowest BCUT2D eigenvalue weighted by Gasteiger charge is -2.36. The summed E-state index contributed by atoms with van der Waals surface area (Å²) in [6, 6.07) is 6.08. The Balaban J connectivity index is 2.10. The van der Waals surface area contributed by atoms with Gasteiger partial charge in [-0.15, -0.1) is 0 Å². The maximum atomic E-state index is 5.91. The molecule has 0 radical (unpaired) electrons. The maximum absolute atomic E-state index is 5.91. The summed E-state index contributed by atoms with van der Waals surface area (Å²) in [5, 5.41) is 0. The lowest BCUT2D eigenvalue weighted by Crippen LogP contribution is -2.51. The molecule has 0 aliphatic carbocycles. The summed E-state index contributed by atoms with van der Waals surface area (Å²) >= 11 is 0. The monoisotopic (exact) mass is 250 g/mol. The van der Waals surface area contributed by atoms with Gasteiger partial charge in [-0.1, -0.05) is 13.0 Å². The third-order valence-electron chi connectivity index (χ3n) is 3.43. The van der Waals surface area contributed by atoms with Gasteiger partial charge in [-0.2, -0.15) is 0 Å². The molecule has 0 amide bonds. The highest BCUT2D eigenvalue weighted by Gasteiger charge is 2.26. The fraction of sp³-hybridized carbons (Fsp3) is 0.571. The first-order valence-electron chi connectivity index (χ1n) is 6.37. The van der Waals surface area contributed by atoms with Crippen molar-refractivity contribution in [2.24, 2.45) is 5.73 Å². The summed E-state index contributed by atoms with van der Waals surface area (Å²) in [6.07, 6.45) is 0.279. The predicted octanol–water partition coefficient (Wildman–Crippen LogP) is 1.45. The first kappa shape index (κ1) is 13.2. The zero-order chi connectivity index (χ0) is 13.1. The van der Waals surface area contributed by atoms with Gasteiger partial charge in [-0.05, 0) is 37.2 Å². The second-order valence-corrected chi connectivity index (χ2v) is 5.01. The van der Waals surface area contributed by atoms with Crippen LogP contribution in [-0.4, -0.2) is 44.8 Å². The number of nitrogens with two attached hydrogens (primary N) is 1. The molecule has 18 heavy (non-hydrogen) atoms. The van der Waals surface area contributed by atoms with Crippen LogP contribution < -0.4 is 15.2 Å². The second-order valence-electron chi connectivity index (χ2n) is 5.01. The van der Waals surface area contributed by atoms with Gasteiger partial charge in [-0.25, -0.2) is 0 Å². The summed E-state index contributed by atoms with van der Waals surface area (Å²) in [5.74, 6) is 1.95. The number of likely N-dealkylation sites (N-methyl/N-ethyl adjacent to an activating group) is 1. The molecule has 1 aliphatic rings. The van der Waals surface area contributed by atoms with Crippen LogP contribution >= 0.6 is 0 Å². The molecule has 1 unspecified atom stereocenters. The van der Waals surface area contributed by atoms with Crippen molar-refractivity contribution >= 4 is 0 Å². The van der Waals surface area contributed by atoms with E-state index in [4.69, 9.17) is 15.2 Å². The summed E-state index contributed by atoms with van der Waals surface area (Å²) in [5.41, 5.74) is 6.87. The summed E-state index contributed by atoms with van der Waals surface area (Å²) < 4.78 is 11.3. The number of hydrogen-bond donors (Lipinski definition) is 1. The van der Waals surface area contributed by atoms with Crippen LogP contribution in [0.3, 0.4) is 0 Å². The van der Waals surface area contributed by atoms with Crippen LogP contribution in [0.15, 0.2) is 18.2 Å². The largest absolute Gasteiger partial charge is 0.493 e. The Morgan fingerprint density at radius 3 is 2.67 bits per heavy atom. The highest BCUT2D eigenvalue weighted by molar-refractivity contribution is 5.44. The number of hydrogen-bond acceptors (Lipinski definition) is 4. The van der Waals surface area contributed by atoms with E-state index in [0.29, 0.717) is 12.5 Å². The van der Waals surface area contributed by atoms with Crippen molar-refractivity contribution < 1.29 is 9.47 Å². The molecule has 1 aromatic rings. The third-order valence-corrected chi connectivity index (χ3v) is 3.43. The molecule has 0 saturated carbocycles. The molecule has 4 nitrogen and oxygen atoms in total. The van der Waals surface area contributed by atoms with E-state index in [9.17, 15) is 0 Å². The van der Waals surface area contributed by atoms with Gasteiger partial charge in [0.25, 0.3) is 0 Å². The Labute approximate surface area is 109 Å². The number of likely N-dealkylation sites (tertiary alicyclic amines) is 1. The Morgan fingerprint density at radius 2 is 2.11 bits per heavy atom. The van der Waals surface area contributed by atoms with Crippen LogP contribution in [0.25, 0.3) is 0 Å². The van der Waals surface area contributed by atoms with Gasteiger partial charge in [0, 0.05) is 13.1 Å². The number of methoxy groups -OCH3 is 1. The zero-order valence-electron chi connectivity index (χ0n) is 11.3. The van der Waals surface area contributed by atoms with Crippen molar-refractivity contribution in [3.63, 3.8) is 0 Å². The molecule has 2 N–H and O–H groups in total. The molecule has 1 aliphatic heterocycles. The molecule has 4 heteroatoms. The minimum absolute atomic E-state index is 0.279. The summed E-state index contributed by atoms with van der Waals surface area (Å²) in [6.45, 7) is 4.70. The smallest absolute Gasteiger partial charge is 0.161 e. The molecule has 1 aromatic carbocycles. The average Bonchev–Trinajstić information content (AvgIpc) is 2.36. The van der Waals surface area contributed by atoms with E-state index in [1.54, 1.807) is 7.11 Å². The predicted molar refractivity (Wildman–Crippen MR) is 72.4 cm³/mol. The molecule has 100 valence electrons. The minimum Gasteiger partial charge on any atom is -0.493 e. The Morgan fingerprint density at radius 1 is 1.39 bits per heavy atom. The highest BCUT2D eigenvalue weighted by Crippen LogP contribution is 2.32. The van der Waals surface area contributed by atoms with E-state index in [2.05, 4.69) is 24.9 Å². The van der Waals surface area contributed by atoms with Gasteiger partial charge >= 0.3 is 0 Å². The zero-order valence-corrected chi connectivity index (χ0v) is 11.3. The van der Waals surface area contributed by atoms with Crippen LogP contribution in [0, 0.1) is 0 Å². The fourth-order valence-electron chi connectivity index (χ4n) is 2.12. The standard InChI is InChI=1S/C14H22N2O2/c1-10(7-15)11-4-5-13(14(6-11)17-3)18-12-8-16(2)9-12/h4-6,10,12H,7-9,15H2,1-3H3. The molecule has 2 rings (SSSR count). The van der Waals surface area contributed by atoms with Gasteiger partial charge in [0.15, 0.2) is 11.5 Å². The second kappa shape index (κ2) is 5.59. The number of nitrogens with zero attached hydrogens (tertiary/aromatic N) is 1. The Bertz CT molecular complexity index is 403. The van der Waals surface area contributed by atoms with Crippen molar-refractivity contribution in [2.45, 2.75) is 18.9 Å². The van der Waals surface area contributed by atoms with Crippen molar-refractivity contribution in [2.75, 3.05) is 33.8 Å². The first-order chi connectivity index (χ1) is 8.63. The van der Waals surface area contributed by atoms with E-state index in [1.165, 1.54) is 5.56 Å². The quantitative estimate of drug-likeness (QED) is 0.859. The first-order valence-corrected chi connectivity index (χ1v) is 6.37. The topological polar surface area (TPSA) is 47.7 Å². The van der Waals surface area contributed by atoms with Crippen LogP contribution in [0.4, 0.5) is 0 Å². The molecular formula is C14H22N2O2. The van der Waals surface area contributed by atoms with Crippen LogP contribution in [-0.2, 0) is 0 Å². The highest BCUT2D eigenvalue weighted by atomic mass is 16.5. The molecule has 0 bridgehead atoms. The molecule has 1 fully saturated rings. The number of benzene rings is 1. The number of rotatable bonds is 5. The van der Waals surface area contributed by atoms with E-state index in [1.807, 2.05) is 12.1 Å². The van der Waals surface area contributed by atoms with E-state index in [-0.39, 0.29) is 6.10 Å². The maximum Gasteiger partial charge on any atom is 0.161 e. The van der Waals surface area contributed by atoms with Gasteiger partial charge in [0.1, 0.15) is 6.10 Å². The Kier molecular flexibility index (Phi) is 4.09. The van der Waals surface area contributed by atoms with Gasteiger partial charge < -0.3 is 15.2 Å².